The second kappa shape index (κ2) is 5.45. The molecular formula is C17H17NO2S. The van der Waals surface area contributed by atoms with Crippen LogP contribution >= 0.6 is 11.8 Å². The summed E-state index contributed by atoms with van der Waals surface area (Å²) in [6, 6.07) is 10.1. The molecule has 0 aliphatic rings. The molecule has 0 N–H and O–H groups in total. The van der Waals surface area contributed by atoms with Crippen LogP contribution in [-0.4, -0.2) is 12.1 Å². The molecular weight excluding hydrogens is 282 g/mol. The first-order valence-electron chi connectivity index (χ1n) is 6.77. The molecule has 2 aromatic carbocycles. The number of ether oxygens (including phenoxy) is 1. The summed E-state index contributed by atoms with van der Waals surface area (Å²) in [5.41, 5.74) is 5.24. The summed E-state index contributed by atoms with van der Waals surface area (Å²) in [6.07, 6.45) is 0. The van der Waals surface area contributed by atoms with Gasteiger partial charge in [-0.2, -0.15) is 0 Å². The summed E-state index contributed by atoms with van der Waals surface area (Å²) in [5, 5.41) is 0.670. The van der Waals surface area contributed by atoms with Gasteiger partial charge in [0.2, 0.25) is 0 Å². The number of aryl methyl sites for hydroxylation is 1. The van der Waals surface area contributed by atoms with Crippen molar-refractivity contribution in [3.8, 4) is 5.75 Å². The summed E-state index contributed by atoms with van der Waals surface area (Å²) >= 11 is 1.55. The van der Waals surface area contributed by atoms with E-state index in [9.17, 15) is 0 Å². The Balaban J connectivity index is 1.96. The van der Waals surface area contributed by atoms with Crippen LogP contribution < -0.4 is 4.74 Å². The molecule has 0 unspecified atom stereocenters. The fourth-order valence-corrected chi connectivity index (χ4v) is 3.16. The third-order valence-corrected chi connectivity index (χ3v) is 4.64. The van der Waals surface area contributed by atoms with Crippen LogP contribution in [0.3, 0.4) is 0 Å². The van der Waals surface area contributed by atoms with Gasteiger partial charge in [0, 0.05) is 4.90 Å². The minimum Gasteiger partial charge on any atom is -0.496 e. The highest BCUT2D eigenvalue weighted by Gasteiger charge is 2.12. The lowest BCUT2D eigenvalue weighted by Gasteiger charge is -2.10. The quantitative estimate of drug-likeness (QED) is 0.688. The topological polar surface area (TPSA) is 35.3 Å². The number of oxazole rings is 1. The van der Waals surface area contributed by atoms with Crippen molar-refractivity contribution >= 4 is 22.9 Å². The molecule has 21 heavy (non-hydrogen) atoms. The van der Waals surface area contributed by atoms with Crippen LogP contribution in [-0.2, 0) is 0 Å². The van der Waals surface area contributed by atoms with Crippen molar-refractivity contribution in [3.05, 3.63) is 47.0 Å². The van der Waals surface area contributed by atoms with E-state index in [0.29, 0.717) is 5.22 Å². The third kappa shape index (κ3) is 2.63. The molecule has 0 saturated carbocycles. The summed E-state index contributed by atoms with van der Waals surface area (Å²) in [4.78, 5) is 5.66. The lowest BCUT2D eigenvalue weighted by atomic mass is 10.1. The van der Waals surface area contributed by atoms with Crippen LogP contribution in [0.2, 0.25) is 0 Å². The number of benzene rings is 2. The van der Waals surface area contributed by atoms with Gasteiger partial charge >= 0.3 is 0 Å². The van der Waals surface area contributed by atoms with E-state index in [1.165, 1.54) is 11.1 Å². The second-order valence-corrected chi connectivity index (χ2v) is 6.06. The Kier molecular flexibility index (Phi) is 3.64. The molecule has 3 aromatic rings. The first kappa shape index (κ1) is 14.0. The maximum absolute atomic E-state index is 5.82. The van der Waals surface area contributed by atoms with Gasteiger partial charge in [-0.3, -0.25) is 0 Å². The normalized spacial score (nSPS) is 11.0. The molecule has 1 aromatic heterocycles. The van der Waals surface area contributed by atoms with Crippen molar-refractivity contribution < 1.29 is 9.15 Å². The number of methoxy groups -OCH3 is 1. The molecule has 1 heterocycles. The number of fused-ring (bicyclic) bond motifs is 1. The van der Waals surface area contributed by atoms with Crippen molar-refractivity contribution in [2.45, 2.75) is 30.9 Å². The predicted molar refractivity (Wildman–Crippen MR) is 85.3 cm³/mol. The number of aromatic nitrogens is 1. The van der Waals surface area contributed by atoms with Gasteiger partial charge in [0.1, 0.15) is 11.3 Å². The van der Waals surface area contributed by atoms with Gasteiger partial charge in [0.25, 0.3) is 5.22 Å². The van der Waals surface area contributed by atoms with Gasteiger partial charge in [-0.1, -0.05) is 6.07 Å². The van der Waals surface area contributed by atoms with Crippen molar-refractivity contribution in [2.75, 3.05) is 7.11 Å². The Morgan fingerprint density at radius 1 is 1.05 bits per heavy atom. The first-order valence-corrected chi connectivity index (χ1v) is 7.59. The van der Waals surface area contributed by atoms with Gasteiger partial charge in [-0.05, 0) is 73.5 Å². The maximum atomic E-state index is 5.82. The third-order valence-electron chi connectivity index (χ3n) is 3.63. The van der Waals surface area contributed by atoms with E-state index >= 15 is 0 Å². The molecule has 0 bridgehead atoms. The minimum atomic E-state index is 0.670. The van der Waals surface area contributed by atoms with Crippen molar-refractivity contribution in [1.29, 1.82) is 0 Å². The number of nitrogens with zero attached hydrogens (tertiary/aromatic N) is 1. The Hall–Kier alpha value is -1.94. The highest BCUT2D eigenvalue weighted by molar-refractivity contribution is 7.99. The average molecular weight is 299 g/mol. The monoisotopic (exact) mass is 299 g/mol. The Labute approximate surface area is 128 Å². The zero-order valence-corrected chi connectivity index (χ0v) is 13.4. The Bertz CT molecular complexity index is 808. The average Bonchev–Trinajstić information content (AvgIpc) is 2.85. The lowest BCUT2D eigenvalue weighted by Crippen LogP contribution is -1.91. The Morgan fingerprint density at radius 3 is 2.62 bits per heavy atom. The van der Waals surface area contributed by atoms with Crippen LogP contribution in [0.4, 0.5) is 0 Å². The lowest BCUT2D eigenvalue weighted by molar-refractivity contribution is 0.411. The fourth-order valence-electron chi connectivity index (χ4n) is 2.25. The fraction of sp³-hybridized carbons (Fsp3) is 0.235. The van der Waals surface area contributed by atoms with E-state index in [-0.39, 0.29) is 0 Å². The number of hydrogen-bond donors (Lipinski definition) is 0. The van der Waals surface area contributed by atoms with Gasteiger partial charge in [-0.25, -0.2) is 4.98 Å². The second-order valence-electron chi connectivity index (χ2n) is 5.07. The minimum absolute atomic E-state index is 0.670. The standard InChI is InChI=1S/C17H17NO2S/c1-10-5-6-13-15(9-10)20-17(18-13)21-16-8-7-14(19-4)11(2)12(16)3/h5-9H,1-4H3. The summed E-state index contributed by atoms with van der Waals surface area (Å²) in [5.74, 6) is 0.907. The summed E-state index contributed by atoms with van der Waals surface area (Å²) < 4.78 is 11.2. The van der Waals surface area contributed by atoms with Crippen LogP contribution in [0.1, 0.15) is 16.7 Å². The van der Waals surface area contributed by atoms with E-state index in [1.807, 2.05) is 37.3 Å². The van der Waals surface area contributed by atoms with E-state index in [4.69, 9.17) is 9.15 Å². The maximum Gasteiger partial charge on any atom is 0.261 e. The molecule has 4 heteroatoms. The molecule has 0 aliphatic carbocycles. The molecule has 0 saturated heterocycles. The first-order chi connectivity index (χ1) is 10.1. The predicted octanol–water partition coefficient (Wildman–Crippen LogP) is 4.91. The SMILES string of the molecule is COc1ccc(Sc2nc3ccc(C)cc3o2)c(C)c1C. The summed E-state index contributed by atoms with van der Waals surface area (Å²) in [7, 11) is 1.69. The highest BCUT2D eigenvalue weighted by atomic mass is 32.2. The van der Waals surface area contributed by atoms with Crippen molar-refractivity contribution in [1.82, 2.24) is 4.98 Å². The molecule has 3 rings (SSSR count). The van der Waals surface area contributed by atoms with Gasteiger partial charge in [-0.15, -0.1) is 0 Å². The zero-order valence-electron chi connectivity index (χ0n) is 12.6. The van der Waals surface area contributed by atoms with E-state index < -0.39 is 0 Å². The van der Waals surface area contributed by atoms with Crippen LogP contribution in [0, 0.1) is 20.8 Å². The van der Waals surface area contributed by atoms with E-state index in [0.717, 1.165) is 27.3 Å². The molecule has 0 amide bonds. The zero-order chi connectivity index (χ0) is 15.0. The van der Waals surface area contributed by atoms with Crippen LogP contribution in [0.25, 0.3) is 11.1 Å². The van der Waals surface area contributed by atoms with Gasteiger partial charge in [0.15, 0.2) is 5.58 Å². The Morgan fingerprint density at radius 2 is 1.86 bits per heavy atom. The van der Waals surface area contributed by atoms with Crippen molar-refractivity contribution in [3.63, 3.8) is 0 Å². The molecule has 0 fully saturated rings. The number of hydrogen-bond acceptors (Lipinski definition) is 4. The van der Waals surface area contributed by atoms with E-state index in [2.05, 4.69) is 18.8 Å². The van der Waals surface area contributed by atoms with Crippen LogP contribution in [0.15, 0.2) is 44.9 Å². The molecule has 0 spiro atoms. The molecule has 0 radical (unpaired) electrons. The van der Waals surface area contributed by atoms with Gasteiger partial charge in [0.05, 0.1) is 7.11 Å². The molecule has 108 valence electrons. The van der Waals surface area contributed by atoms with Crippen LogP contribution in [0.5, 0.6) is 5.75 Å². The summed E-state index contributed by atoms with van der Waals surface area (Å²) in [6.45, 7) is 6.20. The molecule has 0 aliphatic heterocycles. The highest BCUT2D eigenvalue weighted by Crippen LogP contribution is 2.35. The van der Waals surface area contributed by atoms with E-state index in [1.54, 1.807) is 18.9 Å². The smallest absolute Gasteiger partial charge is 0.261 e. The molecule has 0 atom stereocenters. The van der Waals surface area contributed by atoms with Gasteiger partial charge < -0.3 is 9.15 Å². The molecule has 3 nitrogen and oxygen atoms in total. The number of rotatable bonds is 3. The van der Waals surface area contributed by atoms with Crippen molar-refractivity contribution in [2.24, 2.45) is 0 Å². The largest absolute Gasteiger partial charge is 0.496 e.